The second-order valence-electron chi connectivity index (χ2n) is 8.21. The number of hydrogen-bond donors (Lipinski definition) is 3. The molecule has 2 bridgehead atoms. The number of rotatable bonds is 4. The number of nitrogens with one attached hydrogen (secondary N) is 2. The monoisotopic (exact) mass is 469 g/mol. The highest BCUT2D eigenvalue weighted by Gasteiger charge is 2.28. The highest BCUT2D eigenvalue weighted by atomic mass is 16.5. The molecule has 0 unspecified atom stereocenters. The Bertz CT molecular complexity index is 1040. The fourth-order valence-corrected chi connectivity index (χ4v) is 3.82. The molecular formula is C25H31N3O6. The molecular weight excluding hydrogens is 438 g/mol. The zero-order chi connectivity index (χ0) is 24.7. The van der Waals surface area contributed by atoms with Crippen molar-refractivity contribution in [3.8, 4) is 22.6 Å². The van der Waals surface area contributed by atoms with Gasteiger partial charge in [-0.05, 0) is 49.2 Å². The van der Waals surface area contributed by atoms with E-state index in [1.807, 2.05) is 19.1 Å². The van der Waals surface area contributed by atoms with E-state index in [0.29, 0.717) is 17.1 Å². The summed E-state index contributed by atoms with van der Waals surface area (Å²) in [4.78, 5) is 40.0. The molecule has 1 heterocycles. The molecule has 9 heteroatoms. The maximum atomic E-state index is 13.3. The van der Waals surface area contributed by atoms with Crippen LogP contribution in [-0.2, 0) is 9.59 Å². The number of methoxy groups -OCH3 is 1. The van der Waals surface area contributed by atoms with Crippen LogP contribution in [0, 0.1) is 0 Å². The Morgan fingerprint density at radius 1 is 1.24 bits per heavy atom. The fourth-order valence-electron chi connectivity index (χ4n) is 3.82. The lowest BCUT2D eigenvalue weighted by molar-refractivity contribution is -0.126. The van der Waals surface area contributed by atoms with Crippen LogP contribution in [0.4, 0.5) is 0 Å². The molecule has 2 aromatic rings. The van der Waals surface area contributed by atoms with Gasteiger partial charge in [0, 0.05) is 31.1 Å². The van der Waals surface area contributed by atoms with E-state index >= 15 is 0 Å². The Morgan fingerprint density at radius 3 is 2.74 bits per heavy atom. The lowest BCUT2D eigenvalue weighted by atomic mass is 10.0. The van der Waals surface area contributed by atoms with Gasteiger partial charge in [0.2, 0.25) is 11.8 Å². The van der Waals surface area contributed by atoms with E-state index in [0.717, 1.165) is 11.1 Å². The van der Waals surface area contributed by atoms with Crippen LogP contribution in [0.1, 0.15) is 30.1 Å². The van der Waals surface area contributed by atoms with Crippen LogP contribution in [0.2, 0.25) is 0 Å². The van der Waals surface area contributed by atoms with Gasteiger partial charge in [-0.2, -0.15) is 0 Å². The van der Waals surface area contributed by atoms with E-state index in [-0.39, 0.29) is 50.5 Å². The molecule has 2 atom stereocenters. The molecule has 1 aliphatic heterocycles. The molecule has 0 saturated carbocycles. The fraction of sp³-hybridized carbons (Fsp3) is 0.400. The summed E-state index contributed by atoms with van der Waals surface area (Å²) in [5, 5.41) is 14.5. The Hall–Kier alpha value is -3.59. The van der Waals surface area contributed by atoms with Gasteiger partial charge in [0.25, 0.3) is 5.91 Å². The number of fused-ring (bicyclic) bond motifs is 4. The molecule has 0 aromatic heterocycles. The first-order chi connectivity index (χ1) is 16.3. The predicted octanol–water partition coefficient (Wildman–Crippen LogP) is 1.59. The van der Waals surface area contributed by atoms with E-state index in [4.69, 9.17) is 14.6 Å². The molecule has 9 nitrogen and oxygen atoms in total. The van der Waals surface area contributed by atoms with Crippen molar-refractivity contribution in [1.82, 2.24) is 15.5 Å². The zero-order valence-corrected chi connectivity index (χ0v) is 19.7. The molecule has 0 saturated heterocycles. The summed E-state index contributed by atoms with van der Waals surface area (Å²) in [5.41, 5.74) is 1.88. The number of nitrogens with zero attached hydrogens (tertiary/aromatic N) is 1. The lowest BCUT2D eigenvalue weighted by Crippen LogP contribution is -2.49. The third kappa shape index (κ3) is 6.05. The SMILES string of the molecule is COc1ccc2c(c1)-c1cccc(c1)C(=O)N(C)[C@H](C(=O)NCCO)CCC(=O)N[C@H](C)CO2. The minimum absolute atomic E-state index is 0.0486. The summed E-state index contributed by atoms with van der Waals surface area (Å²) in [6, 6.07) is 11.3. The van der Waals surface area contributed by atoms with Crippen molar-refractivity contribution in [2.45, 2.75) is 31.8 Å². The number of carbonyl (C=O) groups excluding carboxylic acids is 3. The third-order valence-corrected chi connectivity index (χ3v) is 5.65. The van der Waals surface area contributed by atoms with Gasteiger partial charge in [0.05, 0.1) is 19.8 Å². The molecule has 0 fully saturated rings. The standard InChI is InChI=1S/C25H31N3O6/c1-16-15-34-22-9-7-19(33-3)14-20(22)17-5-4-6-18(13-17)25(32)28(2)21(8-10-23(30)27-16)24(31)26-11-12-29/h4-7,9,13-14,16,21,29H,8,10-12,15H2,1-3H3,(H,26,31)(H,27,30)/t16-,21+/m1/s1. The average molecular weight is 470 g/mol. The van der Waals surface area contributed by atoms with Crippen LogP contribution < -0.4 is 20.1 Å². The normalized spacial score (nSPS) is 19.1. The summed E-state index contributed by atoms with van der Waals surface area (Å²) >= 11 is 0. The topological polar surface area (TPSA) is 117 Å². The van der Waals surface area contributed by atoms with E-state index in [9.17, 15) is 14.4 Å². The molecule has 2 aromatic carbocycles. The van der Waals surface area contributed by atoms with Gasteiger partial charge in [-0.3, -0.25) is 14.4 Å². The maximum absolute atomic E-state index is 13.3. The summed E-state index contributed by atoms with van der Waals surface area (Å²) in [7, 11) is 3.11. The first-order valence-electron chi connectivity index (χ1n) is 11.2. The van der Waals surface area contributed by atoms with E-state index in [1.54, 1.807) is 37.4 Å². The van der Waals surface area contributed by atoms with Gasteiger partial charge in [-0.15, -0.1) is 0 Å². The zero-order valence-electron chi connectivity index (χ0n) is 19.7. The summed E-state index contributed by atoms with van der Waals surface area (Å²) in [6.07, 6.45) is 0.184. The van der Waals surface area contributed by atoms with Gasteiger partial charge in [0.15, 0.2) is 0 Å². The highest BCUT2D eigenvalue weighted by Crippen LogP contribution is 2.34. The number of hydrogen-bond acceptors (Lipinski definition) is 6. The number of amides is 3. The Labute approximate surface area is 199 Å². The molecule has 0 radical (unpaired) electrons. The van der Waals surface area contributed by atoms with Crippen molar-refractivity contribution in [2.24, 2.45) is 0 Å². The van der Waals surface area contributed by atoms with Crippen molar-refractivity contribution >= 4 is 17.7 Å². The quantitative estimate of drug-likeness (QED) is 0.626. The second-order valence-corrected chi connectivity index (χ2v) is 8.21. The predicted molar refractivity (Wildman–Crippen MR) is 127 cm³/mol. The summed E-state index contributed by atoms with van der Waals surface area (Å²) in [5.74, 6) is 0.194. The van der Waals surface area contributed by atoms with E-state index in [2.05, 4.69) is 10.6 Å². The largest absolute Gasteiger partial charge is 0.497 e. The third-order valence-electron chi connectivity index (χ3n) is 5.65. The first kappa shape index (κ1) is 25.0. The molecule has 3 rings (SSSR count). The highest BCUT2D eigenvalue weighted by molar-refractivity contribution is 5.98. The minimum atomic E-state index is -0.877. The van der Waals surface area contributed by atoms with Crippen LogP contribution in [0.5, 0.6) is 11.5 Å². The molecule has 3 N–H and O–H groups in total. The average Bonchev–Trinajstić information content (AvgIpc) is 2.85. The molecule has 3 amide bonds. The van der Waals surface area contributed by atoms with Gasteiger partial charge >= 0.3 is 0 Å². The van der Waals surface area contributed by atoms with E-state index in [1.165, 1.54) is 11.9 Å². The number of ether oxygens (including phenoxy) is 2. The Kier molecular flexibility index (Phi) is 8.48. The number of benzene rings is 2. The smallest absolute Gasteiger partial charge is 0.254 e. The van der Waals surface area contributed by atoms with Crippen LogP contribution in [0.15, 0.2) is 42.5 Å². The van der Waals surface area contributed by atoms with Gasteiger partial charge < -0.3 is 30.1 Å². The van der Waals surface area contributed by atoms with Crippen LogP contribution in [-0.4, -0.2) is 73.7 Å². The number of aliphatic hydroxyl groups excluding tert-OH is 1. The Morgan fingerprint density at radius 2 is 2.00 bits per heavy atom. The van der Waals surface area contributed by atoms with Gasteiger partial charge in [0.1, 0.15) is 24.1 Å². The van der Waals surface area contributed by atoms with Crippen molar-refractivity contribution in [2.75, 3.05) is 33.9 Å². The first-order valence-corrected chi connectivity index (χ1v) is 11.2. The van der Waals surface area contributed by atoms with Crippen molar-refractivity contribution in [3.63, 3.8) is 0 Å². The number of likely N-dealkylation sites (N-methyl/N-ethyl adjacent to an activating group) is 1. The second kappa shape index (κ2) is 11.5. The van der Waals surface area contributed by atoms with Crippen LogP contribution in [0.3, 0.4) is 0 Å². The molecule has 1 aliphatic rings. The molecule has 0 spiro atoms. The van der Waals surface area contributed by atoms with Crippen molar-refractivity contribution in [1.29, 1.82) is 0 Å². The van der Waals surface area contributed by atoms with E-state index < -0.39 is 11.9 Å². The van der Waals surface area contributed by atoms with Crippen LogP contribution >= 0.6 is 0 Å². The minimum Gasteiger partial charge on any atom is -0.497 e. The summed E-state index contributed by atoms with van der Waals surface area (Å²) < 4.78 is 11.4. The summed E-state index contributed by atoms with van der Waals surface area (Å²) in [6.45, 7) is 1.91. The molecule has 182 valence electrons. The molecule has 34 heavy (non-hydrogen) atoms. The number of aliphatic hydroxyl groups is 1. The van der Waals surface area contributed by atoms with Crippen LogP contribution in [0.25, 0.3) is 11.1 Å². The van der Waals surface area contributed by atoms with Crippen molar-refractivity contribution in [3.05, 3.63) is 48.0 Å². The van der Waals surface area contributed by atoms with Gasteiger partial charge in [-0.1, -0.05) is 12.1 Å². The van der Waals surface area contributed by atoms with Gasteiger partial charge in [-0.25, -0.2) is 0 Å². The van der Waals surface area contributed by atoms with Crippen molar-refractivity contribution < 1.29 is 29.0 Å². The lowest BCUT2D eigenvalue weighted by Gasteiger charge is -2.27. The maximum Gasteiger partial charge on any atom is 0.254 e. The number of carbonyl (C=O) groups is 3. The Balaban J connectivity index is 2.04. The molecule has 0 aliphatic carbocycles.